The number of fused-ring (bicyclic) bond motifs is 1. The molecule has 26 heavy (non-hydrogen) atoms. The van der Waals surface area contributed by atoms with Gasteiger partial charge < -0.3 is 20.4 Å². The van der Waals surface area contributed by atoms with Crippen LogP contribution in [0.2, 0.25) is 0 Å². The maximum Gasteiger partial charge on any atom is 0.411 e. The van der Waals surface area contributed by atoms with Crippen LogP contribution < -0.4 is 10.6 Å². The van der Waals surface area contributed by atoms with Gasteiger partial charge in [0.15, 0.2) is 5.96 Å². The van der Waals surface area contributed by atoms with E-state index in [1.54, 1.807) is 7.05 Å². The van der Waals surface area contributed by atoms with Crippen LogP contribution in [0, 0.1) is 0 Å². The molecule has 0 aliphatic carbocycles. The number of hydrogen-bond donors (Lipinski definition) is 3. The summed E-state index contributed by atoms with van der Waals surface area (Å²) in [6, 6.07) is 8.11. The maximum absolute atomic E-state index is 11.9. The Morgan fingerprint density at radius 2 is 1.92 bits per heavy atom. The molecule has 0 unspecified atom stereocenters. The summed E-state index contributed by atoms with van der Waals surface area (Å²) in [5, 5.41) is 7.45. The molecule has 146 valence electrons. The van der Waals surface area contributed by atoms with E-state index in [0.29, 0.717) is 25.5 Å². The number of rotatable bonds is 8. The largest absolute Gasteiger partial charge is 0.411 e. The molecular weight excluding hydrogens is 460 g/mol. The van der Waals surface area contributed by atoms with Gasteiger partial charge in [0.2, 0.25) is 0 Å². The fourth-order valence-electron chi connectivity index (χ4n) is 2.44. The van der Waals surface area contributed by atoms with Crippen LogP contribution in [0.3, 0.4) is 0 Å². The second kappa shape index (κ2) is 11.3. The van der Waals surface area contributed by atoms with E-state index >= 15 is 0 Å². The quantitative estimate of drug-likeness (QED) is 0.233. The molecule has 0 spiro atoms. The first-order chi connectivity index (χ1) is 12.0. The lowest BCUT2D eigenvalue weighted by Crippen LogP contribution is -2.39. The van der Waals surface area contributed by atoms with Gasteiger partial charge in [0.05, 0.1) is 0 Å². The molecule has 0 aliphatic rings. The lowest BCUT2D eigenvalue weighted by Gasteiger charge is -2.12. The molecule has 0 saturated carbocycles. The molecule has 5 nitrogen and oxygen atoms in total. The van der Waals surface area contributed by atoms with Crippen LogP contribution >= 0.6 is 24.0 Å². The second-order valence-electron chi connectivity index (χ2n) is 5.56. The minimum absolute atomic E-state index is 0. The number of ether oxygens (including phenoxy) is 1. The second-order valence-corrected chi connectivity index (χ2v) is 5.56. The Morgan fingerprint density at radius 3 is 2.65 bits per heavy atom. The van der Waals surface area contributed by atoms with Crippen LogP contribution in [0.5, 0.6) is 0 Å². The Labute approximate surface area is 167 Å². The van der Waals surface area contributed by atoms with Gasteiger partial charge in [-0.2, -0.15) is 13.2 Å². The van der Waals surface area contributed by atoms with E-state index in [9.17, 15) is 13.2 Å². The van der Waals surface area contributed by atoms with Crippen molar-refractivity contribution in [1.82, 2.24) is 15.6 Å². The molecule has 0 bridgehead atoms. The number of aliphatic imine (C=N–C) groups is 1. The average molecular weight is 484 g/mol. The Hall–Kier alpha value is -1.49. The van der Waals surface area contributed by atoms with Gasteiger partial charge in [0.1, 0.15) is 6.61 Å². The smallest absolute Gasteiger partial charge is 0.372 e. The van der Waals surface area contributed by atoms with Gasteiger partial charge in [-0.1, -0.05) is 18.2 Å². The van der Waals surface area contributed by atoms with E-state index in [2.05, 4.69) is 31.4 Å². The van der Waals surface area contributed by atoms with Crippen molar-refractivity contribution in [3.8, 4) is 0 Å². The third-order valence-electron chi connectivity index (χ3n) is 3.61. The van der Waals surface area contributed by atoms with E-state index < -0.39 is 12.8 Å². The van der Waals surface area contributed by atoms with E-state index in [0.717, 1.165) is 11.9 Å². The molecule has 1 heterocycles. The highest BCUT2D eigenvalue weighted by Crippen LogP contribution is 2.17. The number of guanidine groups is 1. The topological polar surface area (TPSA) is 61.4 Å². The van der Waals surface area contributed by atoms with Gasteiger partial charge in [0, 0.05) is 43.8 Å². The van der Waals surface area contributed by atoms with E-state index in [1.807, 2.05) is 24.4 Å². The van der Waals surface area contributed by atoms with Crippen molar-refractivity contribution in [2.75, 3.05) is 33.4 Å². The van der Waals surface area contributed by atoms with E-state index in [1.165, 1.54) is 10.9 Å². The fourth-order valence-corrected chi connectivity index (χ4v) is 2.44. The number of para-hydroxylation sites is 1. The highest BCUT2D eigenvalue weighted by molar-refractivity contribution is 14.0. The van der Waals surface area contributed by atoms with Crippen molar-refractivity contribution in [2.24, 2.45) is 4.99 Å². The van der Waals surface area contributed by atoms with Crippen molar-refractivity contribution < 1.29 is 17.9 Å². The molecule has 0 saturated heterocycles. The molecule has 0 fully saturated rings. The summed E-state index contributed by atoms with van der Waals surface area (Å²) in [4.78, 5) is 7.33. The lowest BCUT2D eigenvalue weighted by molar-refractivity contribution is -0.173. The molecule has 0 atom stereocenters. The molecule has 2 aromatic rings. The molecule has 0 amide bonds. The summed E-state index contributed by atoms with van der Waals surface area (Å²) in [5.41, 5.74) is 2.33. The average Bonchev–Trinajstić information content (AvgIpc) is 2.98. The predicted molar refractivity (Wildman–Crippen MR) is 108 cm³/mol. The Balaban J connectivity index is 0.00000338. The van der Waals surface area contributed by atoms with Crippen molar-refractivity contribution in [2.45, 2.75) is 19.0 Å². The molecule has 0 radical (unpaired) electrons. The van der Waals surface area contributed by atoms with Crippen LogP contribution in [0.25, 0.3) is 10.9 Å². The van der Waals surface area contributed by atoms with Crippen LogP contribution in [0.15, 0.2) is 35.5 Å². The highest BCUT2D eigenvalue weighted by atomic mass is 127. The zero-order chi connectivity index (χ0) is 18.1. The molecule has 1 aromatic carbocycles. The maximum atomic E-state index is 11.9. The minimum atomic E-state index is -4.27. The number of aromatic amines is 1. The minimum Gasteiger partial charge on any atom is -0.372 e. The van der Waals surface area contributed by atoms with Crippen LogP contribution in [0.4, 0.5) is 13.2 Å². The first-order valence-corrected chi connectivity index (χ1v) is 8.13. The van der Waals surface area contributed by atoms with Crippen molar-refractivity contribution in [1.29, 1.82) is 0 Å². The van der Waals surface area contributed by atoms with Gasteiger partial charge in [0.25, 0.3) is 0 Å². The standard InChI is InChI=1S/C17H23F3N4O.HI/c1-21-16(22-8-4-10-25-12-17(18,19)20)23-9-7-13-11-24-15-6-3-2-5-14(13)15;/h2-3,5-6,11,24H,4,7-10,12H2,1H3,(H2,21,22,23);1H. The molecule has 3 N–H and O–H groups in total. The van der Waals surface area contributed by atoms with Crippen LogP contribution in [-0.4, -0.2) is 50.5 Å². The lowest BCUT2D eigenvalue weighted by atomic mass is 10.1. The molecule has 2 rings (SSSR count). The van der Waals surface area contributed by atoms with E-state index in [-0.39, 0.29) is 30.6 Å². The number of alkyl halides is 3. The Morgan fingerprint density at radius 1 is 1.19 bits per heavy atom. The van der Waals surface area contributed by atoms with Crippen molar-refractivity contribution in [3.05, 3.63) is 36.0 Å². The van der Waals surface area contributed by atoms with Gasteiger partial charge in [-0.25, -0.2) is 0 Å². The van der Waals surface area contributed by atoms with Crippen LogP contribution in [-0.2, 0) is 11.2 Å². The molecular formula is C17H24F3IN4O. The number of nitrogens with one attached hydrogen (secondary N) is 3. The van der Waals surface area contributed by atoms with Crippen molar-refractivity contribution in [3.63, 3.8) is 0 Å². The number of aromatic nitrogens is 1. The summed E-state index contributed by atoms with van der Waals surface area (Å²) in [6.07, 6.45) is -0.966. The third kappa shape index (κ3) is 7.81. The van der Waals surface area contributed by atoms with E-state index in [4.69, 9.17) is 0 Å². The summed E-state index contributed by atoms with van der Waals surface area (Å²) >= 11 is 0. The monoisotopic (exact) mass is 484 g/mol. The predicted octanol–water partition coefficient (Wildman–Crippen LogP) is 3.46. The number of H-pyrrole nitrogens is 1. The third-order valence-corrected chi connectivity index (χ3v) is 3.61. The highest BCUT2D eigenvalue weighted by Gasteiger charge is 2.27. The fraction of sp³-hybridized carbons (Fsp3) is 0.471. The summed E-state index contributed by atoms with van der Waals surface area (Å²) in [7, 11) is 1.65. The van der Waals surface area contributed by atoms with Gasteiger partial charge in [-0.15, -0.1) is 24.0 Å². The first kappa shape index (κ1) is 22.6. The van der Waals surface area contributed by atoms with Crippen molar-refractivity contribution >= 4 is 40.8 Å². The SMILES string of the molecule is CN=C(NCCCOCC(F)(F)F)NCCc1c[nH]c2ccccc12.I. The summed E-state index contributed by atoms with van der Waals surface area (Å²) in [6.45, 7) is 0.0418. The summed E-state index contributed by atoms with van der Waals surface area (Å²) in [5.74, 6) is 0.621. The molecule has 1 aromatic heterocycles. The summed E-state index contributed by atoms with van der Waals surface area (Å²) < 4.78 is 40.3. The number of hydrogen-bond acceptors (Lipinski definition) is 2. The number of benzene rings is 1. The molecule has 9 heteroatoms. The zero-order valence-corrected chi connectivity index (χ0v) is 16.9. The van der Waals surface area contributed by atoms with Gasteiger partial charge in [-0.3, -0.25) is 4.99 Å². The molecule has 0 aliphatic heterocycles. The number of halogens is 4. The normalized spacial score (nSPS) is 12.1. The Bertz CT molecular complexity index is 688. The van der Waals surface area contributed by atoms with Crippen LogP contribution in [0.1, 0.15) is 12.0 Å². The van der Waals surface area contributed by atoms with Gasteiger partial charge in [-0.05, 0) is 24.5 Å². The zero-order valence-electron chi connectivity index (χ0n) is 14.5. The first-order valence-electron chi connectivity index (χ1n) is 8.13. The Kier molecular flexibility index (Phi) is 9.78. The number of nitrogens with zero attached hydrogens (tertiary/aromatic N) is 1. The van der Waals surface area contributed by atoms with Gasteiger partial charge >= 0.3 is 6.18 Å².